The molecule has 0 radical (unpaired) electrons. The van der Waals surface area contributed by atoms with Crippen molar-refractivity contribution in [3.05, 3.63) is 41.5 Å². The number of anilines is 1. The molecule has 0 spiro atoms. The van der Waals surface area contributed by atoms with Crippen LogP contribution >= 0.6 is 0 Å². The van der Waals surface area contributed by atoms with E-state index in [0.717, 1.165) is 11.3 Å². The lowest BCUT2D eigenvalue weighted by atomic mass is 9.63. The van der Waals surface area contributed by atoms with Crippen LogP contribution in [-0.4, -0.2) is 23.4 Å². The number of imide groups is 1. The van der Waals surface area contributed by atoms with Crippen LogP contribution in [0.2, 0.25) is 0 Å². The molecule has 4 aliphatic carbocycles. The zero-order valence-corrected chi connectivity index (χ0v) is 14.0. The van der Waals surface area contributed by atoms with Gasteiger partial charge in [0.1, 0.15) is 0 Å². The van der Waals surface area contributed by atoms with Crippen molar-refractivity contribution in [1.82, 2.24) is 4.90 Å². The van der Waals surface area contributed by atoms with Crippen LogP contribution in [-0.2, 0) is 9.59 Å². The Kier molecular flexibility index (Phi) is 2.80. The highest BCUT2D eigenvalue weighted by atomic mass is 16.2. The number of rotatable bonds is 3. The van der Waals surface area contributed by atoms with Crippen molar-refractivity contribution >= 4 is 17.5 Å². The zero-order valence-electron chi connectivity index (χ0n) is 14.0. The Balaban J connectivity index is 1.38. The molecule has 4 nitrogen and oxygen atoms in total. The number of hydrogen-bond donors (Lipinski definition) is 1. The fraction of sp³-hybridized carbons (Fsp3) is 0.500. The number of allylic oxidation sites excluding steroid dienone is 2. The number of aryl methyl sites for hydroxylation is 1. The fourth-order valence-corrected chi connectivity index (χ4v) is 5.28. The number of carbonyl (C=O) groups is 2. The van der Waals surface area contributed by atoms with E-state index in [1.807, 2.05) is 12.1 Å². The van der Waals surface area contributed by atoms with Gasteiger partial charge in [-0.15, -0.1) is 0 Å². The van der Waals surface area contributed by atoms with E-state index < -0.39 is 0 Å². The third-order valence-electron chi connectivity index (χ3n) is 6.79. The number of nitrogens with zero attached hydrogens (tertiary/aromatic N) is 1. The molecule has 0 unspecified atom stereocenters. The third-order valence-corrected chi connectivity index (χ3v) is 6.79. The first kappa shape index (κ1) is 14.3. The quantitative estimate of drug-likeness (QED) is 0.688. The molecule has 1 aromatic carbocycles. The summed E-state index contributed by atoms with van der Waals surface area (Å²) in [6, 6.07) is 6.06. The highest BCUT2D eigenvalue weighted by molar-refractivity contribution is 6.06. The lowest BCUT2D eigenvalue weighted by molar-refractivity contribution is -0.139. The van der Waals surface area contributed by atoms with E-state index >= 15 is 0 Å². The smallest absolute Gasteiger partial charge is 0.235 e. The van der Waals surface area contributed by atoms with Crippen LogP contribution < -0.4 is 5.32 Å². The van der Waals surface area contributed by atoms with Crippen LogP contribution in [0.5, 0.6) is 0 Å². The second-order valence-electron chi connectivity index (χ2n) is 7.84. The Bertz CT molecular complexity index is 748. The van der Waals surface area contributed by atoms with Gasteiger partial charge in [0.15, 0.2) is 0 Å². The van der Waals surface area contributed by atoms with Crippen LogP contribution in [0, 0.1) is 49.4 Å². The topological polar surface area (TPSA) is 49.4 Å². The standard InChI is InChI=1S/C20H22N2O2/c1-10-4-3-5-16(11(10)2)21-9-22-19(23)17-12-6-7-13(15-8-14(12)15)18(17)20(22)24/h3-7,12-15,17-18,21H,8-9H2,1-2H3/t12-,13-,14-,15+,17-,18+/m0/s1. The second-order valence-corrected chi connectivity index (χ2v) is 7.84. The van der Waals surface area contributed by atoms with Gasteiger partial charge in [-0.05, 0) is 61.1 Å². The Morgan fingerprint density at radius 2 is 1.67 bits per heavy atom. The molecule has 2 bridgehead atoms. The Labute approximate surface area is 141 Å². The van der Waals surface area contributed by atoms with E-state index in [9.17, 15) is 9.59 Å². The summed E-state index contributed by atoms with van der Waals surface area (Å²) in [7, 11) is 0. The Morgan fingerprint density at radius 3 is 2.29 bits per heavy atom. The van der Waals surface area contributed by atoms with E-state index in [1.165, 1.54) is 16.9 Å². The minimum absolute atomic E-state index is 0.0347. The highest BCUT2D eigenvalue weighted by Crippen LogP contribution is 2.65. The first-order chi connectivity index (χ1) is 11.6. The molecule has 1 aliphatic heterocycles. The number of nitrogens with one attached hydrogen (secondary N) is 1. The summed E-state index contributed by atoms with van der Waals surface area (Å²) >= 11 is 0. The molecule has 1 saturated heterocycles. The maximum Gasteiger partial charge on any atom is 0.235 e. The molecule has 124 valence electrons. The minimum Gasteiger partial charge on any atom is -0.367 e. The predicted molar refractivity (Wildman–Crippen MR) is 91.0 cm³/mol. The van der Waals surface area contributed by atoms with E-state index in [4.69, 9.17) is 0 Å². The number of hydrogen-bond acceptors (Lipinski definition) is 3. The Morgan fingerprint density at radius 1 is 1.04 bits per heavy atom. The highest BCUT2D eigenvalue weighted by Gasteiger charge is 2.66. The van der Waals surface area contributed by atoms with Crippen LogP contribution in [0.4, 0.5) is 5.69 Å². The molecule has 6 atom stereocenters. The summed E-state index contributed by atoms with van der Waals surface area (Å²) in [5, 5.41) is 3.30. The largest absolute Gasteiger partial charge is 0.367 e. The maximum absolute atomic E-state index is 12.9. The van der Waals surface area contributed by atoms with E-state index in [2.05, 4.69) is 37.4 Å². The first-order valence-corrected chi connectivity index (χ1v) is 8.91. The van der Waals surface area contributed by atoms with Gasteiger partial charge < -0.3 is 5.32 Å². The zero-order chi connectivity index (χ0) is 16.6. The number of carbonyl (C=O) groups excluding carboxylic acids is 2. The summed E-state index contributed by atoms with van der Waals surface area (Å²) in [6.45, 7) is 4.41. The molecule has 1 heterocycles. The normalized spacial score (nSPS) is 38.3. The molecular weight excluding hydrogens is 300 g/mol. The minimum atomic E-state index is -0.100. The van der Waals surface area contributed by atoms with Crippen LogP contribution in [0.25, 0.3) is 0 Å². The number of benzene rings is 1. The monoisotopic (exact) mass is 322 g/mol. The summed E-state index contributed by atoms with van der Waals surface area (Å²) in [5.74, 6) is 1.78. The molecule has 0 aromatic heterocycles. The average molecular weight is 322 g/mol. The van der Waals surface area contributed by atoms with Gasteiger partial charge in [0.2, 0.25) is 11.8 Å². The molecule has 1 aromatic rings. The van der Waals surface area contributed by atoms with Crippen molar-refractivity contribution in [2.75, 3.05) is 12.0 Å². The Hall–Kier alpha value is -2.10. The molecule has 6 rings (SSSR count). The molecular formula is C20H22N2O2. The van der Waals surface area contributed by atoms with Crippen molar-refractivity contribution in [2.24, 2.45) is 35.5 Å². The van der Waals surface area contributed by atoms with E-state index in [0.29, 0.717) is 23.7 Å². The number of amides is 2. The van der Waals surface area contributed by atoms with Gasteiger partial charge in [0.25, 0.3) is 0 Å². The lowest BCUT2D eigenvalue weighted by Gasteiger charge is -2.37. The van der Waals surface area contributed by atoms with Gasteiger partial charge in [0.05, 0.1) is 18.5 Å². The van der Waals surface area contributed by atoms with Crippen LogP contribution in [0.15, 0.2) is 30.4 Å². The molecule has 1 N–H and O–H groups in total. The van der Waals surface area contributed by atoms with Gasteiger partial charge in [-0.25, -0.2) is 0 Å². The van der Waals surface area contributed by atoms with Gasteiger partial charge in [0, 0.05) is 5.69 Å². The third kappa shape index (κ3) is 1.74. The SMILES string of the molecule is Cc1cccc(NCN2C(=O)[C@@H]3[C@H]4C=C[C@@H]([C@@H]5C[C@H]45)[C@@H]3C2=O)c1C. The molecule has 5 aliphatic rings. The van der Waals surface area contributed by atoms with Crippen molar-refractivity contribution < 1.29 is 9.59 Å². The molecule has 4 heteroatoms. The van der Waals surface area contributed by atoms with Crippen molar-refractivity contribution in [1.29, 1.82) is 0 Å². The molecule has 2 saturated carbocycles. The van der Waals surface area contributed by atoms with E-state index in [1.54, 1.807) is 0 Å². The first-order valence-electron chi connectivity index (χ1n) is 8.91. The summed E-state index contributed by atoms with van der Waals surface area (Å²) < 4.78 is 0. The van der Waals surface area contributed by atoms with Gasteiger partial charge in [-0.2, -0.15) is 0 Å². The van der Waals surface area contributed by atoms with Crippen LogP contribution in [0.1, 0.15) is 17.5 Å². The van der Waals surface area contributed by atoms with Crippen molar-refractivity contribution in [3.8, 4) is 0 Å². The lowest BCUT2D eigenvalue weighted by Crippen LogP contribution is -2.40. The summed E-state index contributed by atoms with van der Waals surface area (Å²) in [6.07, 6.45) is 5.64. The summed E-state index contributed by atoms with van der Waals surface area (Å²) in [4.78, 5) is 27.3. The molecule has 2 amide bonds. The van der Waals surface area contributed by atoms with Gasteiger partial charge in [-0.1, -0.05) is 24.3 Å². The maximum atomic E-state index is 12.9. The molecule has 3 fully saturated rings. The summed E-state index contributed by atoms with van der Waals surface area (Å²) in [5.41, 5.74) is 3.36. The second kappa shape index (κ2) is 4.71. The van der Waals surface area contributed by atoms with Gasteiger partial charge in [-0.3, -0.25) is 14.5 Å². The number of likely N-dealkylation sites (tertiary alicyclic amines) is 1. The van der Waals surface area contributed by atoms with Crippen molar-refractivity contribution in [2.45, 2.75) is 20.3 Å². The molecule has 24 heavy (non-hydrogen) atoms. The van der Waals surface area contributed by atoms with Crippen molar-refractivity contribution in [3.63, 3.8) is 0 Å². The fourth-order valence-electron chi connectivity index (χ4n) is 5.28. The average Bonchev–Trinajstić information content (AvgIpc) is 3.35. The predicted octanol–water partition coefficient (Wildman–Crippen LogP) is 2.73. The van der Waals surface area contributed by atoms with Crippen LogP contribution in [0.3, 0.4) is 0 Å². The van der Waals surface area contributed by atoms with Gasteiger partial charge >= 0.3 is 0 Å². The van der Waals surface area contributed by atoms with E-state index in [-0.39, 0.29) is 30.3 Å².